The van der Waals surface area contributed by atoms with E-state index in [1.807, 2.05) is 13.8 Å². The number of aliphatic hydroxyl groups is 1. The summed E-state index contributed by atoms with van der Waals surface area (Å²) >= 11 is 0. The molecular weight excluding hydrogens is 152 g/mol. The minimum atomic E-state index is -0.202. The van der Waals surface area contributed by atoms with Gasteiger partial charge in [0, 0.05) is 13.2 Å². The van der Waals surface area contributed by atoms with Gasteiger partial charge in [0.1, 0.15) is 0 Å². The van der Waals surface area contributed by atoms with Gasteiger partial charge in [-0.15, -0.1) is 0 Å². The van der Waals surface area contributed by atoms with Gasteiger partial charge in [0.15, 0.2) is 0 Å². The van der Waals surface area contributed by atoms with Crippen LogP contribution in [0.4, 0.5) is 0 Å². The van der Waals surface area contributed by atoms with Crippen LogP contribution in [-0.2, 0) is 4.74 Å². The van der Waals surface area contributed by atoms with Crippen molar-refractivity contribution in [1.82, 2.24) is 0 Å². The fraction of sp³-hybridized carbons (Fsp3) is 1.00. The number of hydrogen-bond acceptors (Lipinski definition) is 2. The average molecular weight is 174 g/mol. The van der Waals surface area contributed by atoms with Gasteiger partial charge in [-0.25, -0.2) is 0 Å². The standard InChI is InChI=1S/C10H22O2/c1-4-5-7-12-8-6-10(11)9(2)3/h9-11H,4-8H2,1-3H3. The van der Waals surface area contributed by atoms with E-state index in [0.29, 0.717) is 12.5 Å². The number of hydrogen-bond donors (Lipinski definition) is 1. The van der Waals surface area contributed by atoms with Crippen molar-refractivity contribution >= 4 is 0 Å². The number of aliphatic hydroxyl groups excluding tert-OH is 1. The summed E-state index contributed by atoms with van der Waals surface area (Å²) in [5.41, 5.74) is 0. The van der Waals surface area contributed by atoms with Crippen LogP contribution in [0.25, 0.3) is 0 Å². The molecule has 0 heterocycles. The van der Waals surface area contributed by atoms with Gasteiger partial charge in [-0.05, 0) is 18.8 Å². The van der Waals surface area contributed by atoms with Crippen LogP contribution >= 0.6 is 0 Å². The molecule has 0 aromatic carbocycles. The first-order valence-corrected chi connectivity index (χ1v) is 4.94. The molecule has 0 bridgehead atoms. The molecule has 0 aromatic heterocycles. The van der Waals surface area contributed by atoms with Crippen molar-refractivity contribution in [2.75, 3.05) is 13.2 Å². The lowest BCUT2D eigenvalue weighted by molar-refractivity contribution is 0.0589. The summed E-state index contributed by atoms with van der Waals surface area (Å²) in [4.78, 5) is 0. The molecule has 0 aliphatic carbocycles. The maximum atomic E-state index is 9.40. The van der Waals surface area contributed by atoms with E-state index >= 15 is 0 Å². The molecule has 12 heavy (non-hydrogen) atoms. The molecule has 0 radical (unpaired) electrons. The Bertz CT molecular complexity index is 91.8. The van der Waals surface area contributed by atoms with Crippen molar-refractivity contribution in [2.24, 2.45) is 5.92 Å². The maximum absolute atomic E-state index is 9.40. The highest BCUT2D eigenvalue weighted by atomic mass is 16.5. The topological polar surface area (TPSA) is 29.5 Å². The second-order valence-electron chi connectivity index (χ2n) is 3.57. The third kappa shape index (κ3) is 6.62. The van der Waals surface area contributed by atoms with Crippen molar-refractivity contribution in [3.8, 4) is 0 Å². The zero-order valence-corrected chi connectivity index (χ0v) is 8.55. The number of ether oxygens (including phenoxy) is 1. The van der Waals surface area contributed by atoms with Crippen LogP contribution in [0.3, 0.4) is 0 Å². The second kappa shape index (κ2) is 7.56. The van der Waals surface area contributed by atoms with Crippen LogP contribution in [0.1, 0.15) is 40.0 Å². The number of unbranched alkanes of at least 4 members (excludes halogenated alkanes) is 1. The van der Waals surface area contributed by atoms with E-state index in [1.54, 1.807) is 0 Å². The highest BCUT2D eigenvalue weighted by Gasteiger charge is 2.07. The highest BCUT2D eigenvalue weighted by molar-refractivity contribution is 4.58. The lowest BCUT2D eigenvalue weighted by Crippen LogP contribution is -2.17. The third-order valence-corrected chi connectivity index (χ3v) is 1.97. The molecule has 0 spiro atoms. The van der Waals surface area contributed by atoms with Crippen molar-refractivity contribution in [3.63, 3.8) is 0 Å². The minimum absolute atomic E-state index is 0.202. The van der Waals surface area contributed by atoms with Crippen LogP contribution in [0.15, 0.2) is 0 Å². The Balaban J connectivity index is 3.08. The third-order valence-electron chi connectivity index (χ3n) is 1.97. The first kappa shape index (κ1) is 11.9. The molecule has 1 N–H and O–H groups in total. The molecular formula is C10H22O2. The average Bonchev–Trinajstić information content (AvgIpc) is 2.03. The van der Waals surface area contributed by atoms with Crippen LogP contribution < -0.4 is 0 Å². The van der Waals surface area contributed by atoms with Gasteiger partial charge in [0.25, 0.3) is 0 Å². The van der Waals surface area contributed by atoms with E-state index in [2.05, 4.69) is 6.92 Å². The van der Waals surface area contributed by atoms with Gasteiger partial charge in [0.2, 0.25) is 0 Å². The van der Waals surface area contributed by atoms with Gasteiger partial charge in [-0.3, -0.25) is 0 Å². The molecule has 0 aliphatic rings. The molecule has 1 unspecified atom stereocenters. The summed E-state index contributed by atoms with van der Waals surface area (Å²) in [5.74, 6) is 0.347. The molecule has 2 nitrogen and oxygen atoms in total. The Morgan fingerprint density at radius 2 is 1.92 bits per heavy atom. The van der Waals surface area contributed by atoms with Crippen molar-refractivity contribution in [3.05, 3.63) is 0 Å². The van der Waals surface area contributed by atoms with E-state index < -0.39 is 0 Å². The summed E-state index contributed by atoms with van der Waals surface area (Å²) in [7, 11) is 0. The highest BCUT2D eigenvalue weighted by Crippen LogP contribution is 2.05. The molecule has 0 aromatic rings. The Hall–Kier alpha value is -0.0800. The van der Waals surface area contributed by atoms with E-state index in [0.717, 1.165) is 19.4 Å². The van der Waals surface area contributed by atoms with Crippen LogP contribution in [-0.4, -0.2) is 24.4 Å². The first-order chi connectivity index (χ1) is 5.68. The molecule has 0 amide bonds. The molecule has 0 fully saturated rings. The largest absolute Gasteiger partial charge is 0.393 e. The molecule has 0 aliphatic heterocycles. The van der Waals surface area contributed by atoms with E-state index in [1.165, 1.54) is 6.42 Å². The predicted molar refractivity (Wildman–Crippen MR) is 51.2 cm³/mol. The van der Waals surface area contributed by atoms with Crippen LogP contribution in [0.5, 0.6) is 0 Å². The Labute approximate surface area is 75.9 Å². The SMILES string of the molecule is CCCCOCCC(O)C(C)C. The van der Waals surface area contributed by atoms with Gasteiger partial charge >= 0.3 is 0 Å². The van der Waals surface area contributed by atoms with Crippen LogP contribution in [0.2, 0.25) is 0 Å². The number of rotatable bonds is 7. The Morgan fingerprint density at radius 3 is 2.42 bits per heavy atom. The molecule has 0 saturated heterocycles. The monoisotopic (exact) mass is 174 g/mol. The fourth-order valence-electron chi connectivity index (χ4n) is 0.886. The normalized spacial score (nSPS) is 13.8. The fourth-order valence-corrected chi connectivity index (χ4v) is 0.886. The quantitative estimate of drug-likeness (QED) is 0.600. The summed E-state index contributed by atoms with van der Waals surface area (Å²) < 4.78 is 5.33. The summed E-state index contributed by atoms with van der Waals surface area (Å²) in [5, 5.41) is 9.40. The van der Waals surface area contributed by atoms with Gasteiger partial charge in [-0.2, -0.15) is 0 Å². The molecule has 2 heteroatoms. The second-order valence-corrected chi connectivity index (χ2v) is 3.57. The minimum Gasteiger partial charge on any atom is -0.393 e. The predicted octanol–water partition coefficient (Wildman–Crippen LogP) is 2.21. The Kier molecular flexibility index (Phi) is 7.51. The zero-order valence-electron chi connectivity index (χ0n) is 8.55. The van der Waals surface area contributed by atoms with E-state index in [4.69, 9.17) is 4.74 Å². The van der Waals surface area contributed by atoms with Gasteiger partial charge in [0.05, 0.1) is 6.10 Å². The van der Waals surface area contributed by atoms with E-state index in [-0.39, 0.29) is 6.10 Å². The van der Waals surface area contributed by atoms with E-state index in [9.17, 15) is 5.11 Å². The maximum Gasteiger partial charge on any atom is 0.0585 e. The molecule has 1 atom stereocenters. The summed E-state index contributed by atoms with van der Waals surface area (Å²) in [6.45, 7) is 7.72. The first-order valence-electron chi connectivity index (χ1n) is 4.94. The van der Waals surface area contributed by atoms with Crippen molar-refractivity contribution < 1.29 is 9.84 Å². The smallest absolute Gasteiger partial charge is 0.0585 e. The van der Waals surface area contributed by atoms with Crippen molar-refractivity contribution in [1.29, 1.82) is 0 Å². The Morgan fingerprint density at radius 1 is 1.25 bits per heavy atom. The van der Waals surface area contributed by atoms with Crippen LogP contribution in [0, 0.1) is 5.92 Å². The summed E-state index contributed by atoms with van der Waals surface area (Å²) in [6, 6.07) is 0. The van der Waals surface area contributed by atoms with Gasteiger partial charge in [-0.1, -0.05) is 27.2 Å². The molecule has 74 valence electrons. The summed E-state index contributed by atoms with van der Waals surface area (Å²) in [6.07, 6.45) is 2.86. The van der Waals surface area contributed by atoms with Gasteiger partial charge < -0.3 is 9.84 Å². The zero-order chi connectivity index (χ0) is 9.40. The van der Waals surface area contributed by atoms with Crippen molar-refractivity contribution in [2.45, 2.75) is 46.1 Å². The molecule has 0 rings (SSSR count). The lowest BCUT2D eigenvalue weighted by atomic mass is 10.1. The molecule has 0 saturated carbocycles. The lowest BCUT2D eigenvalue weighted by Gasteiger charge is -2.13.